The summed E-state index contributed by atoms with van der Waals surface area (Å²) in [5, 5.41) is 2.97. The van der Waals surface area contributed by atoms with E-state index in [-0.39, 0.29) is 11.8 Å². The topological polar surface area (TPSA) is 49.4 Å². The molecule has 1 aliphatic rings. The Labute approximate surface area is 142 Å². The van der Waals surface area contributed by atoms with Crippen LogP contribution < -0.4 is 10.2 Å². The predicted molar refractivity (Wildman–Crippen MR) is 95.1 cm³/mol. The first kappa shape index (κ1) is 16.2. The van der Waals surface area contributed by atoms with E-state index in [1.54, 1.807) is 0 Å². The predicted octanol–water partition coefficient (Wildman–Crippen LogP) is 3.36. The summed E-state index contributed by atoms with van der Waals surface area (Å²) in [4.78, 5) is 26.1. The summed E-state index contributed by atoms with van der Waals surface area (Å²) in [7, 11) is 0. The third-order valence-electron chi connectivity index (χ3n) is 4.60. The smallest absolute Gasteiger partial charge is 0.251 e. The van der Waals surface area contributed by atoms with Gasteiger partial charge in [0.1, 0.15) is 0 Å². The van der Waals surface area contributed by atoms with Crippen molar-refractivity contribution in [1.82, 2.24) is 5.32 Å². The van der Waals surface area contributed by atoms with Crippen LogP contribution in [0.2, 0.25) is 0 Å². The second-order valence-corrected chi connectivity index (χ2v) is 6.25. The Morgan fingerprint density at radius 2 is 1.96 bits per heavy atom. The summed E-state index contributed by atoms with van der Waals surface area (Å²) in [6.07, 6.45) is 1.53. The van der Waals surface area contributed by atoms with Crippen molar-refractivity contribution in [2.24, 2.45) is 0 Å². The van der Waals surface area contributed by atoms with Crippen molar-refractivity contribution < 1.29 is 9.59 Å². The van der Waals surface area contributed by atoms with Crippen molar-refractivity contribution >= 4 is 17.5 Å². The molecule has 0 atom stereocenters. The van der Waals surface area contributed by atoms with Crippen molar-refractivity contribution in [3.05, 3.63) is 64.7 Å². The third-order valence-corrected chi connectivity index (χ3v) is 4.60. The van der Waals surface area contributed by atoms with Crippen LogP contribution >= 0.6 is 0 Å². The maximum absolute atomic E-state index is 12.4. The highest BCUT2D eigenvalue weighted by molar-refractivity contribution is 5.96. The van der Waals surface area contributed by atoms with Crippen LogP contribution in [0.1, 0.15) is 39.9 Å². The number of hydrogen-bond donors (Lipinski definition) is 1. The average Bonchev–Trinajstić information content (AvgIpc) is 3.01. The van der Waals surface area contributed by atoms with Crippen LogP contribution in [0.3, 0.4) is 0 Å². The number of nitrogens with zero attached hydrogens (tertiary/aromatic N) is 1. The molecular formula is C20H22N2O2. The van der Waals surface area contributed by atoms with Gasteiger partial charge in [0.15, 0.2) is 0 Å². The summed E-state index contributed by atoms with van der Waals surface area (Å²) in [6.45, 7) is 5.19. The van der Waals surface area contributed by atoms with E-state index < -0.39 is 0 Å². The molecule has 1 fully saturated rings. The highest BCUT2D eigenvalue weighted by Crippen LogP contribution is 2.22. The Kier molecular flexibility index (Phi) is 4.65. The Morgan fingerprint density at radius 3 is 2.71 bits per heavy atom. The normalized spacial score (nSPS) is 14.1. The Morgan fingerprint density at radius 1 is 1.17 bits per heavy atom. The fourth-order valence-electron chi connectivity index (χ4n) is 3.03. The molecule has 0 bridgehead atoms. The first-order valence-corrected chi connectivity index (χ1v) is 8.30. The lowest BCUT2D eigenvalue weighted by atomic mass is 10.0. The van der Waals surface area contributed by atoms with Crippen LogP contribution in [-0.2, 0) is 11.3 Å². The lowest BCUT2D eigenvalue weighted by molar-refractivity contribution is -0.117. The molecule has 0 aliphatic carbocycles. The monoisotopic (exact) mass is 322 g/mol. The van der Waals surface area contributed by atoms with E-state index in [0.717, 1.165) is 35.3 Å². The van der Waals surface area contributed by atoms with E-state index in [1.165, 1.54) is 0 Å². The van der Waals surface area contributed by atoms with Crippen molar-refractivity contribution in [3.8, 4) is 0 Å². The van der Waals surface area contributed by atoms with E-state index >= 15 is 0 Å². The SMILES string of the molecule is Cc1cccc(C(=O)NCc2cccc(N3CCCC3=O)c2)c1C. The molecule has 2 aromatic rings. The van der Waals surface area contributed by atoms with Crippen LogP contribution in [0.4, 0.5) is 5.69 Å². The van der Waals surface area contributed by atoms with Gasteiger partial charge in [-0.05, 0) is 55.2 Å². The van der Waals surface area contributed by atoms with Crippen molar-refractivity contribution in [3.63, 3.8) is 0 Å². The summed E-state index contributed by atoms with van der Waals surface area (Å²) in [5.41, 5.74) is 4.73. The van der Waals surface area contributed by atoms with E-state index in [1.807, 2.05) is 61.2 Å². The maximum atomic E-state index is 12.4. The molecule has 0 unspecified atom stereocenters. The first-order chi connectivity index (χ1) is 11.6. The summed E-state index contributed by atoms with van der Waals surface area (Å²) in [6, 6.07) is 13.6. The molecule has 3 rings (SSSR count). The molecule has 2 aromatic carbocycles. The van der Waals surface area contributed by atoms with Gasteiger partial charge in [-0.3, -0.25) is 9.59 Å². The zero-order valence-electron chi connectivity index (χ0n) is 14.1. The fraction of sp³-hybridized carbons (Fsp3) is 0.300. The van der Waals surface area contributed by atoms with Gasteiger partial charge in [-0.15, -0.1) is 0 Å². The van der Waals surface area contributed by atoms with E-state index in [0.29, 0.717) is 18.5 Å². The van der Waals surface area contributed by atoms with Gasteiger partial charge in [0.2, 0.25) is 5.91 Å². The number of benzene rings is 2. The minimum Gasteiger partial charge on any atom is -0.348 e. The Bertz CT molecular complexity index is 783. The first-order valence-electron chi connectivity index (χ1n) is 8.30. The van der Waals surface area contributed by atoms with Gasteiger partial charge in [0.05, 0.1) is 0 Å². The highest BCUT2D eigenvalue weighted by Gasteiger charge is 2.21. The second-order valence-electron chi connectivity index (χ2n) is 6.25. The van der Waals surface area contributed by atoms with Crippen LogP contribution in [0.5, 0.6) is 0 Å². The van der Waals surface area contributed by atoms with Gasteiger partial charge in [0.25, 0.3) is 5.91 Å². The van der Waals surface area contributed by atoms with E-state index in [9.17, 15) is 9.59 Å². The van der Waals surface area contributed by atoms with Crippen molar-refractivity contribution in [2.45, 2.75) is 33.2 Å². The largest absolute Gasteiger partial charge is 0.348 e. The molecule has 0 spiro atoms. The summed E-state index contributed by atoms with van der Waals surface area (Å²) >= 11 is 0. The molecule has 0 aromatic heterocycles. The Balaban J connectivity index is 1.69. The zero-order chi connectivity index (χ0) is 17.1. The summed E-state index contributed by atoms with van der Waals surface area (Å²) in [5.74, 6) is 0.102. The van der Waals surface area contributed by atoms with Gasteiger partial charge in [-0.1, -0.05) is 24.3 Å². The lowest BCUT2D eigenvalue weighted by Gasteiger charge is -2.17. The molecule has 0 radical (unpaired) electrons. The van der Waals surface area contributed by atoms with Gasteiger partial charge in [-0.25, -0.2) is 0 Å². The van der Waals surface area contributed by atoms with Crippen LogP contribution in [-0.4, -0.2) is 18.4 Å². The van der Waals surface area contributed by atoms with Crippen molar-refractivity contribution in [1.29, 1.82) is 0 Å². The molecule has 24 heavy (non-hydrogen) atoms. The molecule has 4 nitrogen and oxygen atoms in total. The Hall–Kier alpha value is -2.62. The number of aryl methyl sites for hydroxylation is 1. The minimum absolute atomic E-state index is 0.0705. The molecule has 124 valence electrons. The number of carbonyl (C=O) groups is 2. The lowest BCUT2D eigenvalue weighted by Crippen LogP contribution is -2.25. The number of hydrogen-bond acceptors (Lipinski definition) is 2. The molecular weight excluding hydrogens is 300 g/mol. The van der Waals surface area contributed by atoms with Crippen LogP contribution in [0.25, 0.3) is 0 Å². The molecule has 1 aliphatic heterocycles. The number of anilines is 1. The van der Waals surface area contributed by atoms with Crippen LogP contribution in [0.15, 0.2) is 42.5 Å². The number of carbonyl (C=O) groups excluding carboxylic acids is 2. The highest BCUT2D eigenvalue weighted by atomic mass is 16.2. The quantitative estimate of drug-likeness (QED) is 0.938. The van der Waals surface area contributed by atoms with Gasteiger partial charge in [-0.2, -0.15) is 0 Å². The average molecular weight is 322 g/mol. The number of amides is 2. The summed E-state index contributed by atoms with van der Waals surface area (Å²) < 4.78 is 0. The minimum atomic E-state index is -0.0705. The molecule has 1 saturated heterocycles. The molecule has 1 heterocycles. The molecule has 2 amide bonds. The van der Waals surface area contributed by atoms with Gasteiger partial charge < -0.3 is 10.2 Å². The zero-order valence-corrected chi connectivity index (χ0v) is 14.1. The van der Waals surface area contributed by atoms with Crippen LogP contribution in [0, 0.1) is 13.8 Å². The second kappa shape index (κ2) is 6.87. The molecule has 1 N–H and O–H groups in total. The maximum Gasteiger partial charge on any atom is 0.251 e. The number of rotatable bonds is 4. The standard InChI is InChI=1S/C20H22N2O2/c1-14-6-3-9-18(15(14)2)20(24)21-13-16-7-4-8-17(12-16)22-11-5-10-19(22)23/h3-4,6-9,12H,5,10-11,13H2,1-2H3,(H,21,24). The van der Waals surface area contributed by atoms with Crippen molar-refractivity contribution in [2.75, 3.05) is 11.4 Å². The van der Waals surface area contributed by atoms with E-state index in [4.69, 9.17) is 0 Å². The third kappa shape index (κ3) is 3.32. The fourth-order valence-corrected chi connectivity index (χ4v) is 3.03. The van der Waals surface area contributed by atoms with E-state index in [2.05, 4.69) is 5.32 Å². The van der Waals surface area contributed by atoms with Gasteiger partial charge >= 0.3 is 0 Å². The number of nitrogens with one attached hydrogen (secondary N) is 1. The molecule has 0 saturated carbocycles. The molecule has 4 heteroatoms. The van der Waals surface area contributed by atoms with Gasteiger partial charge in [0, 0.05) is 30.8 Å².